The molecule has 2 N–H and O–H groups in total. The maximum Gasteiger partial charge on any atom is 0.254 e. The monoisotopic (exact) mass is 237 g/mol. The maximum absolute atomic E-state index is 12.0. The van der Waals surface area contributed by atoms with Crippen LogP contribution in [0.1, 0.15) is 47.5 Å². The van der Waals surface area contributed by atoms with Gasteiger partial charge in [-0.05, 0) is 45.4 Å². The van der Waals surface area contributed by atoms with E-state index in [1.807, 2.05) is 0 Å². The van der Waals surface area contributed by atoms with Crippen molar-refractivity contribution in [3.05, 3.63) is 0 Å². The molecule has 0 saturated heterocycles. The summed E-state index contributed by atoms with van der Waals surface area (Å²) in [6.45, 7) is 10.6. The Balaban J connectivity index is 2.04. The molecule has 1 heterocycles. The molecule has 1 aliphatic heterocycles. The van der Waals surface area contributed by atoms with E-state index < -0.39 is 5.54 Å². The molecule has 0 aromatic rings. The van der Waals surface area contributed by atoms with Crippen molar-refractivity contribution in [1.82, 2.24) is 10.6 Å². The number of hydrogen-bond donors (Lipinski definition) is 2. The molecule has 2 aliphatic rings. The molecule has 1 saturated carbocycles. The van der Waals surface area contributed by atoms with Crippen LogP contribution in [-0.2, 0) is 4.79 Å². The molecule has 2 rings (SSSR count). The number of hydrogen-bond acceptors (Lipinski definition) is 3. The zero-order valence-electron chi connectivity index (χ0n) is 11.4. The molecule has 0 unspecified atom stereocenters. The highest BCUT2D eigenvalue weighted by molar-refractivity contribution is 6.08. The van der Waals surface area contributed by atoms with Crippen molar-refractivity contribution in [3.8, 4) is 0 Å². The molecule has 17 heavy (non-hydrogen) atoms. The maximum atomic E-state index is 12.0. The van der Waals surface area contributed by atoms with Gasteiger partial charge in [0.15, 0.2) is 5.96 Å². The van der Waals surface area contributed by atoms with Crippen molar-refractivity contribution in [2.24, 2.45) is 16.8 Å². The molecular formula is C13H23N3O. The first-order chi connectivity index (χ1) is 7.72. The van der Waals surface area contributed by atoms with Gasteiger partial charge in [-0.15, -0.1) is 0 Å². The number of rotatable bonds is 1. The van der Waals surface area contributed by atoms with Crippen molar-refractivity contribution < 1.29 is 4.79 Å². The summed E-state index contributed by atoms with van der Waals surface area (Å²) in [7, 11) is 0. The first-order valence-corrected chi connectivity index (χ1v) is 6.41. The zero-order chi connectivity index (χ0) is 12.8. The van der Waals surface area contributed by atoms with Gasteiger partial charge in [0.25, 0.3) is 5.91 Å². The standard InChI is InChI=1S/C13H23N3O/c1-8(2)9-6-13(7-9)10(17)14-11(16-13)15-12(3,4)5/h8-9H,6-7H2,1-5H3,(H2,14,15,16,17). The minimum atomic E-state index is -0.456. The van der Waals surface area contributed by atoms with Crippen LogP contribution in [0.2, 0.25) is 0 Å². The van der Waals surface area contributed by atoms with Crippen LogP contribution >= 0.6 is 0 Å². The number of carbonyl (C=O) groups excluding carboxylic acids is 1. The minimum absolute atomic E-state index is 0.0705. The van der Waals surface area contributed by atoms with E-state index in [0.29, 0.717) is 17.8 Å². The van der Waals surface area contributed by atoms with Crippen LogP contribution < -0.4 is 10.6 Å². The highest BCUT2D eigenvalue weighted by atomic mass is 16.2. The van der Waals surface area contributed by atoms with Crippen molar-refractivity contribution >= 4 is 11.9 Å². The first kappa shape index (κ1) is 12.4. The van der Waals surface area contributed by atoms with E-state index in [1.165, 1.54) is 0 Å². The molecule has 0 radical (unpaired) electrons. The van der Waals surface area contributed by atoms with Gasteiger partial charge in [-0.3, -0.25) is 10.1 Å². The molecular weight excluding hydrogens is 214 g/mol. The predicted octanol–water partition coefficient (Wildman–Crippen LogP) is 1.67. The highest BCUT2D eigenvalue weighted by Crippen LogP contribution is 2.46. The number of carbonyl (C=O) groups is 1. The van der Waals surface area contributed by atoms with E-state index in [0.717, 1.165) is 12.8 Å². The summed E-state index contributed by atoms with van der Waals surface area (Å²) in [4.78, 5) is 16.5. The third-order valence-corrected chi connectivity index (χ3v) is 3.62. The lowest BCUT2D eigenvalue weighted by Crippen LogP contribution is -2.52. The molecule has 0 atom stereocenters. The Morgan fingerprint density at radius 3 is 2.47 bits per heavy atom. The van der Waals surface area contributed by atoms with Crippen LogP contribution in [0.3, 0.4) is 0 Å². The first-order valence-electron chi connectivity index (χ1n) is 6.41. The third-order valence-electron chi connectivity index (χ3n) is 3.62. The Bertz CT molecular complexity index is 359. The van der Waals surface area contributed by atoms with Gasteiger partial charge in [0.2, 0.25) is 0 Å². The zero-order valence-corrected chi connectivity index (χ0v) is 11.4. The molecule has 0 aromatic heterocycles. The summed E-state index contributed by atoms with van der Waals surface area (Å²) in [5.41, 5.74) is -0.526. The number of aliphatic imine (C=N–C) groups is 1. The van der Waals surface area contributed by atoms with Gasteiger partial charge in [0, 0.05) is 5.54 Å². The molecule has 96 valence electrons. The van der Waals surface area contributed by atoms with E-state index in [9.17, 15) is 4.79 Å². The summed E-state index contributed by atoms with van der Waals surface area (Å²) < 4.78 is 0. The number of nitrogens with one attached hydrogen (secondary N) is 2. The van der Waals surface area contributed by atoms with Crippen LogP contribution in [-0.4, -0.2) is 22.9 Å². The van der Waals surface area contributed by atoms with Crippen LogP contribution in [0.4, 0.5) is 0 Å². The van der Waals surface area contributed by atoms with Gasteiger partial charge in [-0.2, -0.15) is 0 Å². The Morgan fingerprint density at radius 1 is 1.41 bits per heavy atom. The lowest BCUT2D eigenvalue weighted by Gasteiger charge is -2.42. The number of guanidine groups is 1. The van der Waals surface area contributed by atoms with Crippen LogP contribution in [0, 0.1) is 11.8 Å². The fraction of sp³-hybridized carbons (Fsp3) is 0.846. The van der Waals surface area contributed by atoms with E-state index in [-0.39, 0.29) is 11.4 Å². The van der Waals surface area contributed by atoms with Gasteiger partial charge in [-0.25, -0.2) is 4.99 Å². The molecule has 0 aromatic carbocycles. The van der Waals surface area contributed by atoms with Crippen LogP contribution in [0.15, 0.2) is 4.99 Å². The molecule has 4 heteroatoms. The number of nitrogens with zero attached hydrogens (tertiary/aromatic N) is 1. The lowest BCUT2D eigenvalue weighted by atomic mass is 9.64. The molecule has 1 fully saturated rings. The minimum Gasteiger partial charge on any atom is -0.351 e. The van der Waals surface area contributed by atoms with Crippen molar-refractivity contribution in [2.75, 3.05) is 0 Å². The quantitative estimate of drug-likeness (QED) is 0.729. The summed E-state index contributed by atoms with van der Waals surface area (Å²) in [5, 5.41) is 6.10. The Labute approximate surface area is 103 Å². The smallest absolute Gasteiger partial charge is 0.254 e. The predicted molar refractivity (Wildman–Crippen MR) is 68.8 cm³/mol. The van der Waals surface area contributed by atoms with Crippen molar-refractivity contribution in [2.45, 2.75) is 58.5 Å². The number of amides is 1. The lowest BCUT2D eigenvalue weighted by molar-refractivity contribution is -0.128. The van der Waals surface area contributed by atoms with Gasteiger partial charge in [0.05, 0.1) is 0 Å². The second kappa shape index (κ2) is 3.72. The fourth-order valence-corrected chi connectivity index (χ4v) is 2.49. The fourth-order valence-electron chi connectivity index (χ4n) is 2.49. The highest BCUT2D eigenvalue weighted by Gasteiger charge is 2.54. The van der Waals surface area contributed by atoms with Gasteiger partial charge >= 0.3 is 0 Å². The molecule has 1 amide bonds. The normalized spacial score (nSPS) is 32.5. The Kier molecular flexibility index (Phi) is 2.71. The van der Waals surface area contributed by atoms with E-state index >= 15 is 0 Å². The van der Waals surface area contributed by atoms with E-state index in [2.05, 4.69) is 50.2 Å². The summed E-state index contributed by atoms with van der Waals surface area (Å²) in [5.74, 6) is 1.99. The summed E-state index contributed by atoms with van der Waals surface area (Å²) in [6.07, 6.45) is 1.79. The topological polar surface area (TPSA) is 53.5 Å². The Hall–Kier alpha value is -1.06. The average molecular weight is 237 g/mol. The van der Waals surface area contributed by atoms with Gasteiger partial charge < -0.3 is 5.32 Å². The average Bonchev–Trinajstić information content (AvgIpc) is 2.35. The largest absolute Gasteiger partial charge is 0.351 e. The van der Waals surface area contributed by atoms with Crippen molar-refractivity contribution in [1.29, 1.82) is 0 Å². The summed E-state index contributed by atoms with van der Waals surface area (Å²) in [6, 6.07) is 0. The van der Waals surface area contributed by atoms with Gasteiger partial charge in [-0.1, -0.05) is 13.8 Å². The second-order valence-electron chi connectivity index (χ2n) is 6.73. The molecule has 1 aliphatic carbocycles. The van der Waals surface area contributed by atoms with Gasteiger partial charge in [0.1, 0.15) is 5.54 Å². The Morgan fingerprint density at radius 2 is 2.00 bits per heavy atom. The molecule has 1 spiro atoms. The molecule has 4 nitrogen and oxygen atoms in total. The van der Waals surface area contributed by atoms with Crippen LogP contribution in [0.5, 0.6) is 0 Å². The van der Waals surface area contributed by atoms with Crippen LogP contribution in [0.25, 0.3) is 0 Å². The molecule has 0 bridgehead atoms. The second-order valence-corrected chi connectivity index (χ2v) is 6.73. The third kappa shape index (κ3) is 2.31. The SMILES string of the molecule is CC(C)C1CC2(C1)N=C(NC(C)(C)C)NC2=O. The van der Waals surface area contributed by atoms with E-state index in [1.54, 1.807) is 0 Å². The summed E-state index contributed by atoms with van der Waals surface area (Å²) >= 11 is 0. The van der Waals surface area contributed by atoms with E-state index in [4.69, 9.17) is 0 Å². The van der Waals surface area contributed by atoms with Crippen molar-refractivity contribution in [3.63, 3.8) is 0 Å².